The van der Waals surface area contributed by atoms with Gasteiger partial charge < -0.3 is 10.0 Å². The Morgan fingerprint density at radius 3 is 2.18 bits per heavy atom. The highest BCUT2D eigenvalue weighted by Gasteiger charge is 2.24. The molecular weight excluding hydrogens is 210 g/mol. The average molecular weight is 239 g/mol. The Kier molecular flexibility index (Phi) is 5.30. The molecule has 17 heavy (non-hydrogen) atoms. The Hall–Kier alpha value is -0.0800. The highest BCUT2D eigenvalue weighted by Crippen LogP contribution is 2.30. The van der Waals surface area contributed by atoms with Gasteiger partial charge in [-0.1, -0.05) is 25.7 Å². The van der Waals surface area contributed by atoms with Crippen LogP contribution < -0.4 is 0 Å². The first-order chi connectivity index (χ1) is 8.29. The molecule has 0 bridgehead atoms. The van der Waals surface area contributed by atoms with Crippen molar-refractivity contribution in [2.75, 3.05) is 20.2 Å². The van der Waals surface area contributed by atoms with Crippen LogP contribution >= 0.6 is 0 Å². The van der Waals surface area contributed by atoms with Gasteiger partial charge in [0.15, 0.2) is 0 Å². The molecule has 0 atom stereocenters. The lowest BCUT2D eigenvalue weighted by Crippen LogP contribution is -2.36. The molecule has 2 heteroatoms. The summed E-state index contributed by atoms with van der Waals surface area (Å²) in [5.41, 5.74) is 0. The predicted molar refractivity (Wildman–Crippen MR) is 72.0 cm³/mol. The van der Waals surface area contributed by atoms with E-state index in [4.69, 9.17) is 5.11 Å². The maximum atomic E-state index is 9.15. The fourth-order valence-electron chi connectivity index (χ4n) is 3.64. The third kappa shape index (κ3) is 3.96. The van der Waals surface area contributed by atoms with Crippen molar-refractivity contribution in [3.05, 3.63) is 0 Å². The summed E-state index contributed by atoms with van der Waals surface area (Å²) in [5.74, 6) is 1.61. The molecule has 100 valence electrons. The zero-order chi connectivity index (χ0) is 12.1. The molecule has 2 nitrogen and oxygen atoms in total. The maximum Gasteiger partial charge on any atom is 0.0459 e. The quantitative estimate of drug-likeness (QED) is 0.797. The van der Waals surface area contributed by atoms with Crippen molar-refractivity contribution in [2.45, 2.75) is 63.8 Å². The molecule has 0 saturated heterocycles. The average Bonchev–Trinajstić information content (AvgIpc) is 2.89. The second-order valence-corrected chi connectivity index (χ2v) is 6.28. The van der Waals surface area contributed by atoms with Gasteiger partial charge in [-0.25, -0.2) is 0 Å². The van der Waals surface area contributed by atoms with Gasteiger partial charge in [0, 0.05) is 12.6 Å². The summed E-state index contributed by atoms with van der Waals surface area (Å²) in [6.07, 6.45) is 12.4. The summed E-state index contributed by atoms with van der Waals surface area (Å²) in [7, 11) is 2.30. The van der Waals surface area contributed by atoms with E-state index in [0.717, 1.165) is 12.0 Å². The van der Waals surface area contributed by atoms with Crippen LogP contribution in [0.4, 0.5) is 0 Å². The van der Waals surface area contributed by atoms with E-state index < -0.39 is 0 Å². The molecule has 0 radical (unpaired) electrons. The van der Waals surface area contributed by atoms with Crippen molar-refractivity contribution in [3.63, 3.8) is 0 Å². The molecule has 0 aromatic rings. The lowest BCUT2D eigenvalue weighted by Gasteiger charge is -2.34. The Bertz CT molecular complexity index is 205. The minimum atomic E-state index is 0.401. The Morgan fingerprint density at radius 1 is 0.941 bits per heavy atom. The molecule has 1 N–H and O–H groups in total. The summed E-state index contributed by atoms with van der Waals surface area (Å²) in [6, 6.07) is 0.791. The first-order valence-electron chi connectivity index (χ1n) is 7.60. The first-order valence-corrected chi connectivity index (χ1v) is 7.60. The molecule has 0 aromatic heterocycles. The molecule has 0 heterocycles. The van der Waals surface area contributed by atoms with E-state index in [1.54, 1.807) is 0 Å². The van der Waals surface area contributed by atoms with E-state index in [0.29, 0.717) is 12.5 Å². The van der Waals surface area contributed by atoms with Gasteiger partial charge in [-0.05, 0) is 57.5 Å². The van der Waals surface area contributed by atoms with Crippen molar-refractivity contribution in [1.29, 1.82) is 0 Å². The van der Waals surface area contributed by atoms with E-state index in [-0.39, 0.29) is 0 Å². The lowest BCUT2D eigenvalue weighted by molar-refractivity contribution is 0.124. The van der Waals surface area contributed by atoms with E-state index >= 15 is 0 Å². The summed E-state index contributed by atoms with van der Waals surface area (Å²) < 4.78 is 0. The second kappa shape index (κ2) is 6.75. The van der Waals surface area contributed by atoms with E-state index in [2.05, 4.69) is 11.9 Å². The van der Waals surface area contributed by atoms with Gasteiger partial charge in [0.2, 0.25) is 0 Å². The fourth-order valence-corrected chi connectivity index (χ4v) is 3.64. The van der Waals surface area contributed by atoms with Gasteiger partial charge in [0.05, 0.1) is 0 Å². The van der Waals surface area contributed by atoms with E-state index in [9.17, 15) is 0 Å². The zero-order valence-corrected chi connectivity index (χ0v) is 11.4. The smallest absolute Gasteiger partial charge is 0.0459 e. The maximum absolute atomic E-state index is 9.15. The van der Waals surface area contributed by atoms with Crippen LogP contribution in [0.1, 0.15) is 57.8 Å². The highest BCUT2D eigenvalue weighted by molar-refractivity contribution is 4.79. The zero-order valence-electron chi connectivity index (χ0n) is 11.4. The predicted octanol–water partition coefficient (Wildman–Crippen LogP) is 3.05. The van der Waals surface area contributed by atoms with Gasteiger partial charge in [-0.2, -0.15) is 0 Å². The summed E-state index contributed by atoms with van der Waals surface area (Å²) >= 11 is 0. The molecule has 2 rings (SSSR count). The molecular formula is C15H29NO. The van der Waals surface area contributed by atoms with Crippen LogP contribution in [0.2, 0.25) is 0 Å². The Labute approximate surface area is 106 Å². The standard InChI is InChI=1S/C15H29NO/c1-16(11-10-13-4-2-3-5-13)15-8-6-14(12-17)7-9-15/h13-15,17H,2-12H2,1H3. The summed E-state index contributed by atoms with van der Waals surface area (Å²) in [6.45, 7) is 1.69. The Morgan fingerprint density at radius 2 is 1.59 bits per heavy atom. The number of rotatable bonds is 5. The van der Waals surface area contributed by atoms with Gasteiger partial charge in [-0.3, -0.25) is 0 Å². The van der Waals surface area contributed by atoms with Crippen molar-refractivity contribution >= 4 is 0 Å². The number of hydrogen-bond acceptors (Lipinski definition) is 2. The number of aliphatic hydroxyl groups is 1. The van der Waals surface area contributed by atoms with Crippen LogP contribution in [0.25, 0.3) is 0 Å². The molecule has 2 aliphatic rings. The Balaban J connectivity index is 1.64. The van der Waals surface area contributed by atoms with Crippen molar-refractivity contribution < 1.29 is 5.11 Å². The molecule has 0 unspecified atom stereocenters. The summed E-state index contributed by atoms with van der Waals surface area (Å²) in [4.78, 5) is 2.59. The molecule has 0 aromatic carbocycles. The minimum absolute atomic E-state index is 0.401. The van der Waals surface area contributed by atoms with Gasteiger partial charge >= 0.3 is 0 Å². The first kappa shape index (κ1) is 13.4. The SMILES string of the molecule is CN(CCC1CCCC1)C1CCC(CO)CC1. The van der Waals surface area contributed by atoms with Crippen molar-refractivity contribution in [3.8, 4) is 0 Å². The normalized spacial score (nSPS) is 31.2. The second-order valence-electron chi connectivity index (χ2n) is 6.28. The van der Waals surface area contributed by atoms with E-state index in [1.807, 2.05) is 0 Å². The van der Waals surface area contributed by atoms with Crippen LogP contribution in [0.5, 0.6) is 0 Å². The third-order valence-electron chi connectivity index (χ3n) is 5.06. The van der Waals surface area contributed by atoms with Crippen molar-refractivity contribution in [2.24, 2.45) is 11.8 Å². The van der Waals surface area contributed by atoms with Crippen molar-refractivity contribution in [1.82, 2.24) is 4.90 Å². The molecule has 2 saturated carbocycles. The lowest BCUT2D eigenvalue weighted by atomic mass is 9.86. The monoisotopic (exact) mass is 239 g/mol. The minimum Gasteiger partial charge on any atom is -0.396 e. The topological polar surface area (TPSA) is 23.5 Å². The van der Waals surface area contributed by atoms with Crippen LogP contribution in [-0.2, 0) is 0 Å². The molecule has 0 spiro atoms. The number of nitrogens with zero attached hydrogens (tertiary/aromatic N) is 1. The molecule has 2 aliphatic carbocycles. The van der Waals surface area contributed by atoms with E-state index in [1.165, 1.54) is 64.3 Å². The molecule has 2 fully saturated rings. The van der Waals surface area contributed by atoms with Crippen LogP contribution in [0, 0.1) is 11.8 Å². The highest BCUT2D eigenvalue weighted by atomic mass is 16.3. The largest absolute Gasteiger partial charge is 0.396 e. The van der Waals surface area contributed by atoms with Gasteiger partial charge in [-0.15, -0.1) is 0 Å². The number of hydrogen-bond donors (Lipinski definition) is 1. The third-order valence-corrected chi connectivity index (χ3v) is 5.06. The summed E-state index contributed by atoms with van der Waals surface area (Å²) in [5, 5.41) is 9.15. The molecule has 0 aliphatic heterocycles. The van der Waals surface area contributed by atoms with Crippen LogP contribution in [0.15, 0.2) is 0 Å². The fraction of sp³-hybridized carbons (Fsp3) is 1.00. The van der Waals surface area contributed by atoms with Gasteiger partial charge in [0.25, 0.3) is 0 Å². The van der Waals surface area contributed by atoms with Gasteiger partial charge in [0.1, 0.15) is 0 Å². The molecule has 0 amide bonds. The van der Waals surface area contributed by atoms with Crippen LogP contribution in [0.3, 0.4) is 0 Å². The number of aliphatic hydroxyl groups excluding tert-OH is 1. The van der Waals surface area contributed by atoms with Crippen LogP contribution in [-0.4, -0.2) is 36.2 Å².